The van der Waals surface area contributed by atoms with Gasteiger partial charge in [-0.25, -0.2) is 8.78 Å². The van der Waals surface area contributed by atoms with Crippen molar-refractivity contribution in [1.82, 2.24) is 0 Å². The first-order valence-electron chi connectivity index (χ1n) is 6.19. The molecule has 0 saturated carbocycles. The number of hydrogen-bond acceptors (Lipinski definition) is 2. The minimum atomic E-state index is -0.751. The number of nitrogens with one attached hydrogen (secondary N) is 1. The van der Waals surface area contributed by atoms with Gasteiger partial charge in [-0.05, 0) is 36.4 Å². The van der Waals surface area contributed by atoms with Gasteiger partial charge in [0.05, 0.1) is 0 Å². The minimum absolute atomic E-state index is 0.0597. The van der Waals surface area contributed by atoms with Gasteiger partial charge in [0.1, 0.15) is 24.0 Å². The van der Waals surface area contributed by atoms with Crippen LogP contribution in [0.3, 0.4) is 0 Å². The Morgan fingerprint density at radius 1 is 1.14 bits per heavy atom. The van der Waals surface area contributed by atoms with Crippen molar-refractivity contribution in [2.45, 2.75) is 0 Å². The number of benzene rings is 2. The average Bonchev–Trinajstić information content (AvgIpc) is 2.44. The van der Waals surface area contributed by atoms with Gasteiger partial charge in [-0.1, -0.05) is 12.7 Å². The maximum atomic E-state index is 13.0. The highest BCUT2D eigenvalue weighted by molar-refractivity contribution is 6.04. The lowest BCUT2D eigenvalue weighted by atomic mass is 10.2. The van der Waals surface area contributed by atoms with Crippen LogP contribution in [-0.4, -0.2) is 12.5 Å². The first kappa shape index (κ1) is 14.7. The van der Waals surface area contributed by atoms with E-state index in [0.29, 0.717) is 17.9 Å². The van der Waals surface area contributed by atoms with E-state index >= 15 is 0 Å². The molecule has 0 atom stereocenters. The molecule has 3 nitrogen and oxygen atoms in total. The van der Waals surface area contributed by atoms with Crippen LogP contribution >= 0.6 is 0 Å². The molecule has 2 rings (SSSR count). The summed E-state index contributed by atoms with van der Waals surface area (Å²) >= 11 is 0. The summed E-state index contributed by atoms with van der Waals surface area (Å²) in [6.45, 7) is 3.90. The Labute approximate surface area is 120 Å². The number of carbonyl (C=O) groups excluding carboxylic acids is 1. The third-order valence-corrected chi connectivity index (χ3v) is 2.60. The van der Waals surface area contributed by atoms with Gasteiger partial charge >= 0.3 is 0 Å². The number of rotatable bonds is 5. The van der Waals surface area contributed by atoms with Gasteiger partial charge in [0.2, 0.25) is 0 Å². The van der Waals surface area contributed by atoms with Crippen molar-refractivity contribution in [3.63, 3.8) is 0 Å². The minimum Gasteiger partial charge on any atom is -0.490 e. The summed E-state index contributed by atoms with van der Waals surface area (Å²) in [4.78, 5) is 11.9. The van der Waals surface area contributed by atoms with Crippen LogP contribution in [-0.2, 0) is 0 Å². The van der Waals surface area contributed by atoms with Crippen molar-refractivity contribution in [3.05, 3.63) is 72.3 Å². The van der Waals surface area contributed by atoms with Crippen LogP contribution in [0.15, 0.2) is 55.1 Å². The molecule has 0 heterocycles. The summed E-state index contributed by atoms with van der Waals surface area (Å²) in [6, 6.07) is 9.20. The summed E-state index contributed by atoms with van der Waals surface area (Å²) < 4.78 is 31.4. The predicted molar refractivity (Wildman–Crippen MR) is 76.4 cm³/mol. The second kappa shape index (κ2) is 6.65. The first-order valence-corrected chi connectivity index (χ1v) is 6.19. The van der Waals surface area contributed by atoms with E-state index in [0.717, 1.165) is 18.2 Å². The lowest BCUT2D eigenvalue weighted by Crippen LogP contribution is -2.12. The molecule has 108 valence electrons. The normalized spacial score (nSPS) is 10.0. The molecule has 0 aliphatic carbocycles. The monoisotopic (exact) mass is 289 g/mol. The number of halogens is 2. The van der Waals surface area contributed by atoms with E-state index in [2.05, 4.69) is 11.9 Å². The Bertz CT molecular complexity index is 634. The van der Waals surface area contributed by atoms with Gasteiger partial charge in [0.15, 0.2) is 0 Å². The summed E-state index contributed by atoms with van der Waals surface area (Å²) in [7, 11) is 0. The van der Waals surface area contributed by atoms with E-state index in [-0.39, 0.29) is 5.69 Å². The molecule has 1 amide bonds. The highest BCUT2D eigenvalue weighted by Gasteiger charge is 2.08. The lowest BCUT2D eigenvalue weighted by molar-refractivity contribution is 0.102. The van der Waals surface area contributed by atoms with E-state index < -0.39 is 17.5 Å². The van der Waals surface area contributed by atoms with Gasteiger partial charge in [-0.3, -0.25) is 4.79 Å². The van der Waals surface area contributed by atoms with E-state index in [1.54, 1.807) is 30.3 Å². The molecule has 0 saturated heterocycles. The molecule has 21 heavy (non-hydrogen) atoms. The third-order valence-electron chi connectivity index (χ3n) is 2.60. The van der Waals surface area contributed by atoms with Crippen molar-refractivity contribution in [3.8, 4) is 5.75 Å². The zero-order valence-corrected chi connectivity index (χ0v) is 11.1. The summed E-state index contributed by atoms with van der Waals surface area (Å²) in [5.74, 6) is -1.37. The number of amides is 1. The molecule has 2 aromatic carbocycles. The van der Waals surface area contributed by atoms with Crippen molar-refractivity contribution in [2.75, 3.05) is 11.9 Å². The van der Waals surface area contributed by atoms with Gasteiger partial charge in [-0.2, -0.15) is 0 Å². The summed E-state index contributed by atoms with van der Waals surface area (Å²) in [6.07, 6.45) is 1.61. The first-order chi connectivity index (χ1) is 10.1. The van der Waals surface area contributed by atoms with Crippen molar-refractivity contribution < 1.29 is 18.3 Å². The fourth-order valence-corrected chi connectivity index (χ4v) is 1.69. The van der Waals surface area contributed by atoms with Crippen LogP contribution in [0, 0.1) is 11.6 Å². The highest BCUT2D eigenvalue weighted by Crippen LogP contribution is 2.16. The molecule has 0 radical (unpaired) electrons. The Hall–Kier alpha value is -2.69. The number of hydrogen-bond donors (Lipinski definition) is 1. The van der Waals surface area contributed by atoms with Crippen LogP contribution in [0.25, 0.3) is 0 Å². The van der Waals surface area contributed by atoms with Crippen molar-refractivity contribution in [1.29, 1.82) is 0 Å². The zero-order chi connectivity index (χ0) is 15.2. The quantitative estimate of drug-likeness (QED) is 0.851. The van der Waals surface area contributed by atoms with Gasteiger partial charge in [0, 0.05) is 17.3 Å². The topological polar surface area (TPSA) is 38.3 Å². The molecule has 0 unspecified atom stereocenters. The third kappa shape index (κ3) is 4.14. The molecule has 0 spiro atoms. The predicted octanol–water partition coefficient (Wildman–Crippen LogP) is 3.78. The molecule has 2 aromatic rings. The van der Waals surface area contributed by atoms with Gasteiger partial charge in [-0.15, -0.1) is 0 Å². The second-order valence-corrected chi connectivity index (χ2v) is 4.24. The van der Waals surface area contributed by atoms with Crippen LogP contribution in [0.5, 0.6) is 5.75 Å². The molecule has 5 heteroatoms. The fourth-order valence-electron chi connectivity index (χ4n) is 1.69. The SMILES string of the molecule is C=CCOc1ccc(C(=O)Nc2cc(F)cc(F)c2)cc1. The Kier molecular flexibility index (Phi) is 4.66. The molecule has 1 N–H and O–H groups in total. The van der Waals surface area contributed by atoms with E-state index in [9.17, 15) is 13.6 Å². The Balaban J connectivity index is 2.07. The maximum absolute atomic E-state index is 13.0. The van der Waals surface area contributed by atoms with Gasteiger partial charge in [0.25, 0.3) is 5.91 Å². The van der Waals surface area contributed by atoms with Crippen LogP contribution in [0.1, 0.15) is 10.4 Å². The summed E-state index contributed by atoms with van der Waals surface area (Å²) in [5, 5.41) is 2.43. The molecule has 0 aliphatic rings. The average molecular weight is 289 g/mol. The van der Waals surface area contributed by atoms with Crippen LogP contribution in [0.4, 0.5) is 14.5 Å². The molecular formula is C16H13F2NO2. The number of carbonyl (C=O) groups is 1. The Morgan fingerprint density at radius 3 is 2.33 bits per heavy atom. The molecular weight excluding hydrogens is 276 g/mol. The standard InChI is InChI=1S/C16H13F2NO2/c1-2-7-21-15-5-3-11(4-6-15)16(20)19-14-9-12(17)8-13(18)10-14/h2-6,8-10H,1,7H2,(H,19,20). The fraction of sp³-hybridized carbons (Fsp3) is 0.0625. The van der Waals surface area contributed by atoms with Crippen LogP contribution < -0.4 is 10.1 Å². The smallest absolute Gasteiger partial charge is 0.255 e. The second-order valence-electron chi connectivity index (χ2n) is 4.24. The molecule has 0 aromatic heterocycles. The molecule has 0 bridgehead atoms. The van der Waals surface area contributed by atoms with Crippen LogP contribution in [0.2, 0.25) is 0 Å². The van der Waals surface area contributed by atoms with E-state index in [4.69, 9.17) is 4.74 Å². The summed E-state index contributed by atoms with van der Waals surface area (Å²) in [5.41, 5.74) is 0.412. The van der Waals surface area contributed by atoms with Crippen molar-refractivity contribution in [2.24, 2.45) is 0 Å². The zero-order valence-electron chi connectivity index (χ0n) is 11.1. The van der Waals surface area contributed by atoms with Gasteiger partial charge < -0.3 is 10.1 Å². The van der Waals surface area contributed by atoms with Crippen molar-refractivity contribution >= 4 is 11.6 Å². The van der Waals surface area contributed by atoms with E-state index in [1.807, 2.05) is 0 Å². The molecule has 0 aliphatic heterocycles. The highest BCUT2D eigenvalue weighted by atomic mass is 19.1. The maximum Gasteiger partial charge on any atom is 0.255 e. The number of ether oxygens (including phenoxy) is 1. The lowest BCUT2D eigenvalue weighted by Gasteiger charge is -2.07. The number of anilines is 1. The largest absolute Gasteiger partial charge is 0.490 e. The van der Waals surface area contributed by atoms with E-state index in [1.165, 1.54) is 0 Å². The Morgan fingerprint density at radius 2 is 1.76 bits per heavy atom. The molecule has 0 fully saturated rings.